The first-order valence-electron chi connectivity index (χ1n) is 8.05. The number of amides is 2. The largest absolute Gasteiger partial charge is 0.459 e. The second kappa shape index (κ2) is 7.27. The number of hydrogen-bond donors (Lipinski definition) is 1. The molecule has 1 aliphatic carbocycles. The molecule has 1 heterocycles. The molecule has 0 spiro atoms. The number of rotatable bonds is 6. The van der Waals surface area contributed by atoms with Crippen LogP contribution in [0.3, 0.4) is 0 Å². The molecule has 1 fully saturated rings. The van der Waals surface area contributed by atoms with Crippen molar-refractivity contribution in [3.8, 4) is 0 Å². The van der Waals surface area contributed by atoms with Crippen molar-refractivity contribution >= 4 is 23.4 Å². The Labute approximate surface area is 149 Å². The summed E-state index contributed by atoms with van der Waals surface area (Å²) in [4.78, 5) is 26.4. The van der Waals surface area contributed by atoms with Crippen molar-refractivity contribution in [2.45, 2.75) is 38.4 Å². The van der Waals surface area contributed by atoms with Gasteiger partial charge in [0.15, 0.2) is 5.76 Å². The van der Waals surface area contributed by atoms with E-state index in [1.807, 2.05) is 0 Å². The molecule has 2 amide bonds. The summed E-state index contributed by atoms with van der Waals surface area (Å²) in [6.07, 6.45) is 3.10. The fourth-order valence-corrected chi connectivity index (χ4v) is 2.84. The van der Waals surface area contributed by atoms with Gasteiger partial charge in [-0.1, -0.05) is 17.7 Å². The molecular weight excluding hydrogens is 347 g/mol. The van der Waals surface area contributed by atoms with Gasteiger partial charge < -0.3 is 14.6 Å². The molecule has 1 unspecified atom stereocenters. The Balaban J connectivity index is 1.72. The molecular formula is C18H18ClFN2O3. The Hall–Kier alpha value is -2.34. The number of carbonyl (C=O) groups excluding carboxylic acids is 2. The van der Waals surface area contributed by atoms with E-state index in [1.165, 1.54) is 24.5 Å². The summed E-state index contributed by atoms with van der Waals surface area (Å²) >= 11 is 6.07. The minimum atomic E-state index is -0.760. The van der Waals surface area contributed by atoms with Crippen LogP contribution in [0.15, 0.2) is 41.0 Å². The number of nitrogens with zero attached hydrogens (tertiary/aromatic N) is 1. The van der Waals surface area contributed by atoms with Crippen molar-refractivity contribution in [1.82, 2.24) is 10.2 Å². The number of carbonyl (C=O) groups is 2. The van der Waals surface area contributed by atoms with E-state index in [1.54, 1.807) is 24.0 Å². The predicted molar refractivity (Wildman–Crippen MR) is 90.6 cm³/mol. The molecule has 132 valence electrons. The summed E-state index contributed by atoms with van der Waals surface area (Å²) in [5.41, 5.74) is 0.286. The molecule has 2 aromatic rings. The number of halogens is 2. The SMILES string of the molecule is CC(NC(=O)c1ccco1)C(=O)N(Cc1c(F)cccc1Cl)C1CC1. The summed E-state index contributed by atoms with van der Waals surface area (Å²) in [6.45, 7) is 1.68. The molecule has 1 saturated carbocycles. The Morgan fingerprint density at radius 3 is 2.72 bits per heavy atom. The molecule has 1 aliphatic rings. The average Bonchev–Trinajstić information content (AvgIpc) is 3.26. The van der Waals surface area contributed by atoms with Crippen LogP contribution in [0.1, 0.15) is 35.9 Å². The van der Waals surface area contributed by atoms with Crippen LogP contribution in [0.2, 0.25) is 5.02 Å². The standard InChI is InChI=1S/C18H18ClFN2O3/c1-11(21-17(23)16-6-3-9-25-16)18(24)22(12-7-8-12)10-13-14(19)4-2-5-15(13)20/h2-6,9,11-12H,7-8,10H2,1H3,(H,21,23). The predicted octanol–water partition coefficient (Wildman–Crippen LogP) is 3.38. The molecule has 1 aromatic heterocycles. The molecule has 1 N–H and O–H groups in total. The smallest absolute Gasteiger partial charge is 0.287 e. The molecule has 0 bridgehead atoms. The topological polar surface area (TPSA) is 62.6 Å². The van der Waals surface area contributed by atoms with Crippen LogP contribution in [0.5, 0.6) is 0 Å². The normalized spacial score (nSPS) is 14.8. The van der Waals surface area contributed by atoms with Gasteiger partial charge in [-0.05, 0) is 44.0 Å². The van der Waals surface area contributed by atoms with E-state index < -0.39 is 17.8 Å². The van der Waals surface area contributed by atoms with Crippen LogP contribution in [0.4, 0.5) is 4.39 Å². The van der Waals surface area contributed by atoms with E-state index in [4.69, 9.17) is 16.0 Å². The van der Waals surface area contributed by atoms with E-state index in [9.17, 15) is 14.0 Å². The van der Waals surface area contributed by atoms with Crippen LogP contribution in [-0.2, 0) is 11.3 Å². The second-order valence-electron chi connectivity index (χ2n) is 6.07. The van der Waals surface area contributed by atoms with Crippen LogP contribution in [0.25, 0.3) is 0 Å². The summed E-state index contributed by atoms with van der Waals surface area (Å²) in [6, 6.07) is 6.84. The maximum atomic E-state index is 14.1. The first-order chi connectivity index (χ1) is 12.0. The van der Waals surface area contributed by atoms with Gasteiger partial charge in [0.05, 0.1) is 12.8 Å². The van der Waals surface area contributed by atoms with Crippen LogP contribution < -0.4 is 5.32 Å². The minimum absolute atomic E-state index is 0.0473. The lowest BCUT2D eigenvalue weighted by atomic mass is 10.1. The van der Waals surface area contributed by atoms with Crippen molar-refractivity contribution in [3.05, 3.63) is 58.8 Å². The van der Waals surface area contributed by atoms with Crippen molar-refractivity contribution in [3.63, 3.8) is 0 Å². The number of nitrogens with one attached hydrogen (secondary N) is 1. The van der Waals surface area contributed by atoms with Gasteiger partial charge in [0, 0.05) is 16.6 Å². The second-order valence-corrected chi connectivity index (χ2v) is 6.48. The van der Waals surface area contributed by atoms with Crippen molar-refractivity contribution in [2.75, 3.05) is 0 Å². The van der Waals surface area contributed by atoms with Gasteiger partial charge >= 0.3 is 0 Å². The highest BCUT2D eigenvalue weighted by Gasteiger charge is 2.36. The highest BCUT2D eigenvalue weighted by atomic mass is 35.5. The first kappa shape index (κ1) is 17.5. The lowest BCUT2D eigenvalue weighted by Crippen LogP contribution is -2.47. The van der Waals surface area contributed by atoms with Gasteiger partial charge in [0.2, 0.25) is 5.91 Å². The molecule has 0 aliphatic heterocycles. The monoisotopic (exact) mass is 364 g/mol. The van der Waals surface area contributed by atoms with Gasteiger partial charge in [-0.2, -0.15) is 0 Å². The molecule has 7 heteroatoms. The summed E-state index contributed by atoms with van der Waals surface area (Å²) < 4.78 is 19.1. The summed E-state index contributed by atoms with van der Waals surface area (Å²) in [5, 5.41) is 2.89. The zero-order chi connectivity index (χ0) is 18.0. The Morgan fingerprint density at radius 2 is 2.12 bits per heavy atom. The molecule has 3 rings (SSSR count). The molecule has 1 aromatic carbocycles. The number of hydrogen-bond acceptors (Lipinski definition) is 3. The fraction of sp³-hybridized carbons (Fsp3) is 0.333. The third kappa shape index (κ3) is 4.02. The van der Waals surface area contributed by atoms with Crippen LogP contribution >= 0.6 is 11.6 Å². The lowest BCUT2D eigenvalue weighted by molar-refractivity contribution is -0.134. The Kier molecular flexibility index (Phi) is 5.08. The zero-order valence-corrected chi connectivity index (χ0v) is 14.4. The maximum Gasteiger partial charge on any atom is 0.287 e. The summed E-state index contributed by atoms with van der Waals surface area (Å²) in [5.74, 6) is -1.06. The fourth-order valence-electron chi connectivity index (χ4n) is 2.61. The number of furan rings is 1. The van der Waals surface area contributed by atoms with E-state index in [0.717, 1.165) is 12.8 Å². The van der Waals surface area contributed by atoms with Crippen LogP contribution in [0, 0.1) is 5.82 Å². The Bertz CT molecular complexity index is 754. The van der Waals surface area contributed by atoms with E-state index in [0.29, 0.717) is 0 Å². The highest BCUT2D eigenvalue weighted by molar-refractivity contribution is 6.31. The van der Waals surface area contributed by atoms with Gasteiger partial charge in [-0.3, -0.25) is 9.59 Å². The first-order valence-corrected chi connectivity index (χ1v) is 8.43. The minimum Gasteiger partial charge on any atom is -0.459 e. The van der Waals surface area contributed by atoms with Crippen LogP contribution in [-0.4, -0.2) is 28.8 Å². The van der Waals surface area contributed by atoms with Crippen molar-refractivity contribution in [1.29, 1.82) is 0 Å². The molecule has 5 nitrogen and oxygen atoms in total. The van der Waals surface area contributed by atoms with Gasteiger partial charge in [0.25, 0.3) is 5.91 Å². The highest BCUT2D eigenvalue weighted by Crippen LogP contribution is 2.31. The van der Waals surface area contributed by atoms with Gasteiger partial charge in [0.1, 0.15) is 11.9 Å². The zero-order valence-electron chi connectivity index (χ0n) is 13.7. The van der Waals surface area contributed by atoms with Crippen molar-refractivity contribution < 1.29 is 18.4 Å². The van der Waals surface area contributed by atoms with E-state index >= 15 is 0 Å². The third-order valence-electron chi connectivity index (χ3n) is 4.12. The lowest BCUT2D eigenvalue weighted by Gasteiger charge is -2.26. The summed E-state index contributed by atoms with van der Waals surface area (Å²) in [7, 11) is 0. The van der Waals surface area contributed by atoms with Gasteiger partial charge in [-0.25, -0.2) is 4.39 Å². The van der Waals surface area contributed by atoms with Crippen molar-refractivity contribution in [2.24, 2.45) is 0 Å². The maximum absolute atomic E-state index is 14.1. The number of benzene rings is 1. The quantitative estimate of drug-likeness (QED) is 0.854. The van der Waals surface area contributed by atoms with Gasteiger partial charge in [-0.15, -0.1) is 0 Å². The average molecular weight is 365 g/mol. The molecule has 1 atom stereocenters. The molecule has 0 saturated heterocycles. The molecule has 25 heavy (non-hydrogen) atoms. The third-order valence-corrected chi connectivity index (χ3v) is 4.48. The Morgan fingerprint density at radius 1 is 1.36 bits per heavy atom. The van der Waals surface area contributed by atoms with E-state index in [2.05, 4.69) is 5.32 Å². The van der Waals surface area contributed by atoms with E-state index in [-0.39, 0.29) is 34.8 Å². The molecule has 0 radical (unpaired) electrons.